The largest absolute Gasteiger partial charge is 0.359 e. The summed E-state index contributed by atoms with van der Waals surface area (Å²) in [5.41, 5.74) is 39.2. The summed E-state index contributed by atoms with van der Waals surface area (Å²) in [7, 11) is 6.37. The van der Waals surface area contributed by atoms with E-state index in [1.165, 1.54) is 168 Å². The fraction of sp³-hybridized carbons (Fsp3) is 0.367. The third-order valence-electron chi connectivity index (χ3n) is 25.9. The Balaban J connectivity index is 0.000000150. The minimum Gasteiger partial charge on any atom is -0.359 e. The van der Waals surface area contributed by atoms with E-state index in [4.69, 9.17) is 0 Å². The lowest BCUT2D eigenvalue weighted by Gasteiger charge is -2.32. The number of anilines is 6. The first-order chi connectivity index (χ1) is 56.5. The van der Waals surface area contributed by atoms with E-state index in [1.54, 1.807) is 0 Å². The van der Waals surface area contributed by atoms with Crippen LogP contribution >= 0.6 is 0 Å². The molecule has 0 aliphatic carbocycles. The summed E-state index contributed by atoms with van der Waals surface area (Å²) in [5, 5.41) is 0. The van der Waals surface area contributed by atoms with E-state index < -0.39 is 0 Å². The molecule has 1 aromatic heterocycles. The van der Waals surface area contributed by atoms with Gasteiger partial charge in [0.15, 0.2) is 11.0 Å². The Morgan fingerprint density at radius 3 is 0.933 bits per heavy atom. The van der Waals surface area contributed by atoms with Gasteiger partial charge in [-0.15, -0.1) is 0 Å². The summed E-state index contributed by atoms with van der Waals surface area (Å²) in [4.78, 5) is 18.6. The zero-order valence-electron chi connectivity index (χ0n) is 77.8. The van der Waals surface area contributed by atoms with Crippen LogP contribution in [-0.2, 0) is 7.05 Å². The summed E-state index contributed by atoms with van der Waals surface area (Å²) in [5.74, 6) is 4.20. The maximum Gasteiger partial charge on any atom is 0.259 e. The highest BCUT2D eigenvalue weighted by atomic mass is 15.4. The van der Waals surface area contributed by atoms with Crippen LogP contribution in [-0.4, -0.2) is 53.1 Å². The van der Waals surface area contributed by atoms with Gasteiger partial charge in [0.05, 0.1) is 7.05 Å². The molecule has 5 heterocycles. The van der Waals surface area contributed by atoms with Crippen LogP contribution in [0.25, 0.3) is 39.0 Å². The van der Waals surface area contributed by atoms with Crippen molar-refractivity contribution in [3.8, 4) is 27.9 Å². The highest BCUT2D eigenvalue weighted by Crippen LogP contribution is 2.46. The van der Waals surface area contributed by atoms with Gasteiger partial charge in [-0.25, -0.2) is 4.57 Å². The highest BCUT2D eigenvalue weighted by Gasteiger charge is 2.32. The summed E-state index contributed by atoms with van der Waals surface area (Å²) in [6, 6.07) is 68.6. The van der Waals surface area contributed by atoms with Crippen LogP contribution in [0.2, 0.25) is 0 Å². The van der Waals surface area contributed by atoms with Gasteiger partial charge in [-0.3, -0.25) is 0 Å². The molecule has 15 rings (SSSR count). The molecule has 10 heteroatoms. The predicted octanol–water partition coefficient (Wildman–Crippen LogP) is 28.1. The average Bonchev–Trinajstić information content (AvgIpc) is 1.61. The smallest absolute Gasteiger partial charge is 0.259 e. The molecular weight excluding hydrogens is 1450 g/mol. The normalized spacial score (nSPS) is 16.2. The number of aryl methyl sites for hydroxylation is 6. The summed E-state index contributed by atoms with van der Waals surface area (Å²) >= 11 is 0. The van der Waals surface area contributed by atoms with Gasteiger partial charge in [-0.1, -0.05) is 204 Å². The summed E-state index contributed by atoms with van der Waals surface area (Å²) in [6.07, 6.45) is 18.6. The first kappa shape index (κ1) is 88.8. The van der Waals surface area contributed by atoms with Gasteiger partial charge >= 0.3 is 0 Å². The molecule has 0 bridgehead atoms. The lowest BCUT2D eigenvalue weighted by molar-refractivity contribution is -0.652. The molecule has 4 aliphatic heterocycles. The number of aromatic nitrogens is 2. The van der Waals surface area contributed by atoms with Crippen molar-refractivity contribution in [1.29, 1.82) is 0 Å². The molecule has 11 aromatic rings. The number of nitrogens with zero attached hydrogens (tertiary/aromatic N) is 10. The molecule has 0 amide bonds. The topological polar surface area (TPSA) is 34.7 Å². The SMILES string of the molecule is Cc1cc(-c2c(C(C)C)cc(C(C)C)cc2C(C)C)cc(N2C=CN(C)[C@@H]2C)c1C.Cc1cc(-c2c(C(C)C)cc(C(C)C)cc2C(C)C)cc(N2C=CN(c3ccccc3)[C@@H]2C)c1C.Cc1cccc(-n2c(C)[n+](C)c3ccccc32)c1C.Cc1cccc(N2C=CN(C)[C@@H]2C)c1C.Cc1cccc(N2C=CN(c3ccccc3)[C@@H]2C)c1C. The third kappa shape index (κ3) is 18.9. The van der Waals surface area contributed by atoms with Crippen molar-refractivity contribution in [1.82, 2.24) is 14.4 Å². The number of benzene rings is 10. The summed E-state index contributed by atoms with van der Waals surface area (Å²) < 4.78 is 4.59. The molecule has 0 spiro atoms. The molecule has 4 atom stereocenters. The van der Waals surface area contributed by atoms with Crippen LogP contribution in [0.5, 0.6) is 0 Å². The monoisotopic (exact) mass is 1590 g/mol. The number of hydrogen-bond donors (Lipinski definition) is 0. The van der Waals surface area contributed by atoms with Crippen molar-refractivity contribution in [3.63, 3.8) is 0 Å². The fourth-order valence-electron chi connectivity index (χ4n) is 17.1. The van der Waals surface area contributed by atoms with Gasteiger partial charge in [0.1, 0.15) is 30.4 Å². The number of para-hydroxylation sites is 4. The second kappa shape index (κ2) is 38.0. The van der Waals surface area contributed by atoms with Crippen LogP contribution in [0.1, 0.15) is 241 Å². The van der Waals surface area contributed by atoms with Crippen molar-refractivity contribution in [2.45, 2.75) is 247 Å². The van der Waals surface area contributed by atoms with E-state index >= 15 is 0 Å². The van der Waals surface area contributed by atoms with E-state index in [0.29, 0.717) is 47.8 Å². The van der Waals surface area contributed by atoms with Gasteiger partial charge in [-0.2, -0.15) is 4.57 Å². The van der Waals surface area contributed by atoms with E-state index in [2.05, 4.69) is 494 Å². The van der Waals surface area contributed by atoms with E-state index in [-0.39, 0.29) is 12.3 Å². The lowest BCUT2D eigenvalue weighted by Crippen LogP contribution is -2.36. The summed E-state index contributed by atoms with van der Waals surface area (Å²) in [6.45, 7) is 61.1. The van der Waals surface area contributed by atoms with Crippen molar-refractivity contribution in [2.75, 3.05) is 43.5 Å². The molecule has 0 fully saturated rings. The average molecular weight is 1590 g/mol. The van der Waals surface area contributed by atoms with Crippen molar-refractivity contribution < 1.29 is 4.57 Å². The molecule has 624 valence electrons. The second-order valence-corrected chi connectivity index (χ2v) is 35.7. The minimum absolute atomic E-state index is 0.211. The van der Waals surface area contributed by atoms with E-state index in [9.17, 15) is 0 Å². The Labute approximate surface area is 717 Å². The molecule has 10 aromatic carbocycles. The molecule has 119 heavy (non-hydrogen) atoms. The van der Waals surface area contributed by atoms with Crippen LogP contribution in [0.4, 0.5) is 34.1 Å². The molecule has 4 aliphatic rings. The molecule has 0 saturated carbocycles. The Morgan fingerprint density at radius 2 is 0.580 bits per heavy atom. The third-order valence-corrected chi connectivity index (χ3v) is 25.9. The zero-order chi connectivity index (χ0) is 86.4. The Bertz CT molecular complexity index is 5430. The van der Waals surface area contributed by atoms with Gasteiger partial charge in [0.25, 0.3) is 5.82 Å². The number of fused-ring (bicyclic) bond motifs is 1. The first-order valence-electron chi connectivity index (χ1n) is 43.7. The minimum atomic E-state index is 0.211. The fourth-order valence-corrected chi connectivity index (χ4v) is 17.1. The van der Waals surface area contributed by atoms with Gasteiger partial charge in [-0.05, 0) is 310 Å². The standard InChI is InChI=1S/C33H42N2.C28H40N2.C18H20N2.C17H19N2.C13H18N2/c1-21(2)27-18-30(22(3)4)33(31(19-27)23(5)6)28-17-24(7)25(8)32(20-28)35-16-15-34(26(35)9)29-13-11-10-12-14-29;1-17(2)23-14-25(18(3)4)28(26(15-23)19(5)6)24-13-20(7)21(8)27(16-24)30-12-11-29(10)22(30)9;1-14-8-7-11-18(15(14)2)20-13-12-19(16(20)3)17-9-5-4-6-10-17;1-12-8-7-11-15(13(12)2)19-14(3)18(4)16-9-5-6-10-17(16)19;1-10-6-5-7-13(11(10)2)15-9-8-14(4)12(15)3/h10-23,26H,1-9H3;11-19,22H,1-10H3;4-13,16H,1-3H3;5-11H,1-4H3;5-9,12H,1-4H3/q;;;+1;/t26-;22-;16-;;12-/m000.0/s1. The predicted molar refractivity (Wildman–Crippen MR) is 515 cm³/mol. The number of rotatable bonds is 15. The Morgan fingerprint density at radius 1 is 0.277 bits per heavy atom. The molecule has 0 saturated heterocycles. The molecule has 0 radical (unpaired) electrons. The lowest BCUT2D eigenvalue weighted by atomic mass is 9.81. The molecule has 0 unspecified atom stereocenters. The molecule has 0 N–H and O–H groups in total. The zero-order valence-corrected chi connectivity index (χ0v) is 77.8. The highest BCUT2D eigenvalue weighted by molar-refractivity contribution is 5.82. The first-order valence-corrected chi connectivity index (χ1v) is 43.7. The van der Waals surface area contributed by atoms with Crippen LogP contribution < -0.4 is 34.0 Å². The molecular formula is C109H139N10+. The maximum atomic E-state index is 2.46. The molecule has 10 nitrogen and oxygen atoms in total. The maximum absolute atomic E-state index is 2.46. The van der Waals surface area contributed by atoms with Crippen LogP contribution in [0, 0.1) is 76.2 Å². The van der Waals surface area contributed by atoms with Gasteiger partial charge in [0, 0.05) is 105 Å². The second-order valence-electron chi connectivity index (χ2n) is 35.7. The van der Waals surface area contributed by atoms with Crippen molar-refractivity contribution in [2.24, 2.45) is 7.05 Å². The number of imidazole rings is 1. The van der Waals surface area contributed by atoms with Crippen molar-refractivity contribution >= 4 is 45.2 Å². The van der Waals surface area contributed by atoms with Crippen LogP contribution in [0.3, 0.4) is 0 Å². The van der Waals surface area contributed by atoms with Gasteiger partial charge in [0.2, 0.25) is 0 Å². The van der Waals surface area contributed by atoms with E-state index in [0.717, 1.165) is 0 Å². The van der Waals surface area contributed by atoms with Crippen LogP contribution in [0.15, 0.2) is 238 Å². The van der Waals surface area contributed by atoms with Crippen molar-refractivity contribution in [3.05, 3.63) is 332 Å². The Kier molecular flexibility index (Phi) is 28.3. The quantitative estimate of drug-likeness (QED) is 0.0940. The van der Waals surface area contributed by atoms with E-state index in [1.807, 2.05) is 0 Å². The number of hydrogen-bond acceptors (Lipinski definition) is 8. The van der Waals surface area contributed by atoms with Gasteiger partial charge < -0.3 is 39.2 Å². The Hall–Kier alpha value is -11.0.